The van der Waals surface area contributed by atoms with Gasteiger partial charge in [-0.3, -0.25) is 9.59 Å². The van der Waals surface area contributed by atoms with Crippen molar-refractivity contribution in [2.45, 2.75) is 17.2 Å². The van der Waals surface area contributed by atoms with Gasteiger partial charge in [-0.05, 0) is 36.8 Å². The Morgan fingerprint density at radius 2 is 2.03 bits per heavy atom. The van der Waals surface area contributed by atoms with Crippen molar-refractivity contribution < 1.29 is 14.3 Å². The third kappa shape index (κ3) is 5.53. The minimum absolute atomic E-state index is 0.119. The first-order chi connectivity index (χ1) is 15.1. The molecular weight excluding hydrogens is 434 g/mol. The largest absolute Gasteiger partial charge is 0.497 e. The number of carbonyl (C=O) groups is 2. The number of benzene rings is 2. The van der Waals surface area contributed by atoms with Crippen molar-refractivity contribution in [2.24, 2.45) is 0 Å². The molecule has 0 unspecified atom stereocenters. The normalized spacial score (nSPS) is 13.3. The van der Waals surface area contributed by atoms with Crippen molar-refractivity contribution in [3.63, 3.8) is 0 Å². The summed E-state index contributed by atoms with van der Waals surface area (Å²) in [7, 11) is 1.62. The Balaban J connectivity index is 1.30. The number of nitrogens with one attached hydrogen (secondary N) is 2. The van der Waals surface area contributed by atoms with Gasteiger partial charge in [0.2, 0.25) is 16.9 Å². The predicted octanol–water partition coefficient (Wildman–Crippen LogP) is 4.15. The van der Waals surface area contributed by atoms with Crippen LogP contribution in [0.2, 0.25) is 0 Å². The maximum atomic E-state index is 12.4. The first-order valence-electron chi connectivity index (χ1n) is 9.68. The molecule has 0 spiro atoms. The molecule has 10 heteroatoms. The van der Waals surface area contributed by atoms with Gasteiger partial charge >= 0.3 is 0 Å². The molecule has 2 heterocycles. The van der Waals surface area contributed by atoms with Crippen LogP contribution in [-0.4, -0.2) is 41.4 Å². The van der Waals surface area contributed by atoms with Crippen molar-refractivity contribution in [2.75, 3.05) is 34.9 Å². The Morgan fingerprint density at radius 3 is 2.84 bits per heavy atom. The number of hydrogen-bond donors (Lipinski definition) is 2. The maximum absolute atomic E-state index is 12.4. The van der Waals surface area contributed by atoms with Crippen LogP contribution in [0.15, 0.2) is 52.9 Å². The summed E-state index contributed by atoms with van der Waals surface area (Å²) in [6.45, 7) is 0.718. The summed E-state index contributed by atoms with van der Waals surface area (Å²) >= 11 is 2.69. The molecule has 1 aliphatic rings. The Bertz CT molecular complexity index is 1090. The van der Waals surface area contributed by atoms with Crippen LogP contribution in [0.5, 0.6) is 5.75 Å². The number of anilines is 4. The van der Waals surface area contributed by atoms with E-state index < -0.39 is 0 Å². The monoisotopic (exact) mass is 455 g/mol. The van der Waals surface area contributed by atoms with Crippen LogP contribution < -0.4 is 20.3 Å². The molecule has 0 radical (unpaired) electrons. The van der Waals surface area contributed by atoms with Gasteiger partial charge in [0.1, 0.15) is 5.75 Å². The van der Waals surface area contributed by atoms with E-state index in [9.17, 15) is 9.59 Å². The first kappa shape index (κ1) is 21.1. The molecule has 0 bridgehead atoms. The minimum Gasteiger partial charge on any atom is -0.497 e. The zero-order valence-corrected chi connectivity index (χ0v) is 18.5. The molecule has 1 aliphatic heterocycles. The number of carbonyl (C=O) groups excluding carboxylic acids is 2. The molecule has 0 aliphatic carbocycles. The highest BCUT2D eigenvalue weighted by molar-refractivity contribution is 8.01. The first-order valence-corrected chi connectivity index (χ1v) is 11.5. The van der Waals surface area contributed by atoms with E-state index >= 15 is 0 Å². The van der Waals surface area contributed by atoms with E-state index in [2.05, 4.69) is 20.8 Å². The lowest BCUT2D eigenvalue weighted by Crippen LogP contribution is -2.23. The number of rotatable bonds is 8. The minimum atomic E-state index is -0.146. The third-order valence-electron chi connectivity index (χ3n) is 4.57. The molecule has 3 aromatic rings. The topological polar surface area (TPSA) is 96.4 Å². The molecule has 1 fully saturated rings. The molecule has 31 heavy (non-hydrogen) atoms. The molecule has 0 atom stereocenters. The van der Waals surface area contributed by atoms with Gasteiger partial charge in [-0.25, -0.2) is 0 Å². The van der Waals surface area contributed by atoms with Crippen molar-refractivity contribution in [1.82, 2.24) is 10.2 Å². The number of aromatic nitrogens is 2. The van der Waals surface area contributed by atoms with E-state index in [-0.39, 0.29) is 17.6 Å². The summed E-state index contributed by atoms with van der Waals surface area (Å²) in [6.07, 6.45) is 1.44. The van der Waals surface area contributed by atoms with E-state index in [4.69, 9.17) is 4.74 Å². The zero-order chi connectivity index (χ0) is 21.6. The summed E-state index contributed by atoms with van der Waals surface area (Å²) < 4.78 is 5.90. The highest BCUT2D eigenvalue weighted by Crippen LogP contribution is 2.29. The van der Waals surface area contributed by atoms with Crippen LogP contribution in [0.3, 0.4) is 0 Å². The van der Waals surface area contributed by atoms with Crippen LogP contribution >= 0.6 is 23.1 Å². The fourth-order valence-electron chi connectivity index (χ4n) is 3.14. The van der Waals surface area contributed by atoms with Crippen LogP contribution in [0.25, 0.3) is 0 Å². The molecule has 2 amide bonds. The molecule has 2 N–H and O–H groups in total. The lowest BCUT2D eigenvalue weighted by molar-refractivity contribution is -0.117. The average Bonchev–Trinajstić information content (AvgIpc) is 3.41. The van der Waals surface area contributed by atoms with Crippen LogP contribution in [0.4, 0.5) is 22.2 Å². The number of nitrogens with zero attached hydrogens (tertiary/aromatic N) is 3. The summed E-state index contributed by atoms with van der Waals surface area (Å²) in [5, 5.41) is 14.9. The van der Waals surface area contributed by atoms with Gasteiger partial charge in [0.15, 0.2) is 4.34 Å². The van der Waals surface area contributed by atoms with Crippen molar-refractivity contribution in [3.8, 4) is 5.75 Å². The van der Waals surface area contributed by atoms with Crippen molar-refractivity contribution in [1.29, 1.82) is 0 Å². The molecule has 160 valence electrons. The molecular formula is C21H21N5O3S2. The SMILES string of the molecule is COc1cccc(Nc2nnc(SCC(=O)Nc3cccc(N4CCCC4=O)c3)s2)c1. The van der Waals surface area contributed by atoms with Crippen molar-refractivity contribution >= 4 is 57.1 Å². The maximum Gasteiger partial charge on any atom is 0.234 e. The van der Waals surface area contributed by atoms with E-state index in [1.807, 2.05) is 48.5 Å². The number of hydrogen-bond acceptors (Lipinski definition) is 8. The van der Waals surface area contributed by atoms with E-state index in [1.54, 1.807) is 12.0 Å². The van der Waals surface area contributed by atoms with Crippen LogP contribution in [-0.2, 0) is 9.59 Å². The quantitative estimate of drug-likeness (QED) is 0.493. The predicted molar refractivity (Wildman–Crippen MR) is 124 cm³/mol. The second kappa shape index (κ2) is 9.80. The lowest BCUT2D eigenvalue weighted by Gasteiger charge is -2.16. The van der Waals surface area contributed by atoms with Gasteiger partial charge in [0.25, 0.3) is 0 Å². The van der Waals surface area contributed by atoms with Gasteiger partial charge < -0.3 is 20.3 Å². The van der Waals surface area contributed by atoms with Crippen molar-refractivity contribution in [3.05, 3.63) is 48.5 Å². The zero-order valence-electron chi connectivity index (χ0n) is 16.8. The number of methoxy groups -OCH3 is 1. The summed E-state index contributed by atoms with van der Waals surface area (Å²) in [6, 6.07) is 14.9. The van der Waals surface area contributed by atoms with Gasteiger partial charge in [0, 0.05) is 36.1 Å². The molecule has 1 saturated heterocycles. The second-order valence-electron chi connectivity index (χ2n) is 6.77. The Kier molecular flexibility index (Phi) is 6.68. The van der Waals surface area contributed by atoms with E-state index in [0.717, 1.165) is 30.1 Å². The average molecular weight is 456 g/mol. The van der Waals surface area contributed by atoms with Gasteiger partial charge in [-0.2, -0.15) is 0 Å². The molecule has 8 nitrogen and oxygen atoms in total. The highest BCUT2D eigenvalue weighted by Gasteiger charge is 2.21. The molecule has 4 rings (SSSR count). The van der Waals surface area contributed by atoms with Crippen LogP contribution in [0, 0.1) is 0 Å². The second-order valence-corrected chi connectivity index (χ2v) is 8.97. The van der Waals surface area contributed by atoms with E-state index in [1.165, 1.54) is 23.1 Å². The molecule has 2 aromatic carbocycles. The lowest BCUT2D eigenvalue weighted by atomic mass is 10.2. The van der Waals surface area contributed by atoms with Gasteiger partial charge in [0.05, 0.1) is 12.9 Å². The van der Waals surface area contributed by atoms with E-state index in [0.29, 0.717) is 21.6 Å². The standard InChI is InChI=1S/C21H21N5O3S2/c1-29-17-8-3-6-15(12-17)23-20-24-25-21(31-20)30-13-18(27)22-14-5-2-7-16(11-14)26-10-4-9-19(26)28/h2-3,5-8,11-12H,4,9-10,13H2,1H3,(H,22,27)(H,23,24). The summed E-state index contributed by atoms with van der Waals surface area (Å²) in [4.78, 5) is 26.0. The Hall–Kier alpha value is -3.11. The van der Waals surface area contributed by atoms with Crippen LogP contribution in [0.1, 0.15) is 12.8 Å². The molecule has 1 aromatic heterocycles. The highest BCUT2D eigenvalue weighted by atomic mass is 32.2. The number of amides is 2. The third-order valence-corrected chi connectivity index (χ3v) is 6.54. The Labute approximate surface area is 188 Å². The summed E-state index contributed by atoms with van der Waals surface area (Å²) in [5.74, 6) is 0.931. The fraction of sp³-hybridized carbons (Fsp3) is 0.238. The fourth-order valence-corrected chi connectivity index (χ4v) is 4.71. The van der Waals surface area contributed by atoms with Gasteiger partial charge in [-0.15, -0.1) is 10.2 Å². The molecule has 0 saturated carbocycles. The smallest absolute Gasteiger partial charge is 0.234 e. The number of ether oxygens (including phenoxy) is 1. The number of thioether (sulfide) groups is 1. The summed E-state index contributed by atoms with van der Waals surface area (Å²) in [5.41, 5.74) is 2.33. The Morgan fingerprint density at radius 1 is 1.19 bits per heavy atom. The van der Waals surface area contributed by atoms with Gasteiger partial charge in [-0.1, -0.05) is 35.2 Å².